The Hall–Kier alpha value is -1.41. The van der Waals surface area contributed by atoms with Gasteiger partial charge < -0.3 is 9.47 Å². The summed E-state index contributed by atoms with van der Waals surface area (Å²) < 4.78 is 11.6. The van der Waals surface area contributed by atoms with Crippen molar-refractivity contribution < 1.29 is 9.47 Å². The average molecular weight is 302 g/mol. The van der Waals surface area contributed by atoms with Gasteiger partial charge in [0.05, 0.1) is 12.2 Å². The number of rotatable bonds is 7. The van der Waals surface area contributed by atoms with Gasteiger partial charge in [-0.3, -0.25) is 5.32 Å². The van der Waals surface area contributed by atoms with Crippen LogP contribution in [0, 0.1) is 17.2 Å². The van der Waals surface area contributed by atoms with E-state index in [-0.39, 0.29) is 24.4 Å². The number of nitrogens with zero attached hydrogens (tertiary/aromatic N) is 1. The lowest BCUT2D eigenvalue weighted by Gasteiger charge is -2.30. The van der Waals surface area contributed by atoms with Gasteiger partial charge in [0.1, 0.15) is 6.04 Å². The second-order valence-corrected chi connectivity index (χ2v) is 5.97. The predicted octanol–water partition coefficient (Wildman–Crippen LogP) is 3.24. The van der Waals surface area contributed by atoms with E-state index in [0.29, 0.717) is 6.54 Å². The smallest absolute Gasteiger partial charge is 0.157 e. The number of ether oxygens (including phenoxy) is 2. The summed E-state index contributed by atoms with van der Waals surface area (Å²) in [6.07, 6.45) is 3.09. The average Bonchev–Trinajstić information content (AvgIpc) is 2.57. The first kappa shape index (κ1) is 17.0. The van der Waals surface area contributed by atoms with Crippen LogP contribution in [0.15, 0.2) is 30.3 Å². The minimum absolute atomic E-state index is 0.0176. The molecular formula is C18H26N2O2. The van der Waals surface area contributed by atoms with Crippen molar-refractivity contribution in [2.45, 2.75) is 58.1 Å². The van der Waals surface area contributed by atoms with E-state index >= 15 is 0 Å². The molecule has 0 bridgehead atoms. The fraction of sp³-hybridized carbons (Fsp3) is 0.611. The Morgan fingerprint density at radius 1 is 1.32 bits per heavy atom. The highest BCUT2D eigenvalue weighted by atomic mass is 16.7. The molecule has 1 heterocycles. The van der Waals surface area contributed by atoms with E-state index in [1.165, 1.54) is 5.56 Å². The molecule has 1 aromatic carbocycles. The van der Waals surface area contributed by atoms with E-state index in [4.69, 9.17) is 9.47 Å². The number of nitrogens with one attached hydrogen (secondary N) is 1. The summed E-state index contributed by atoms with van der Waals surface area (Å²) in [4.78, 5) is 0. The number of hydrogen-bond acceptors (Lipinski definition) is 4. The quantitative estimate of drug-likeness (QED) is 0.840. The van der Waals surface area contributed by atoms with Gasteiger partial charge in [-0.15, -0.1) is 0 Å². The normalized spacial score (nSPS) is 22.5. The van der Waals surface area contributed by atoms with Crippen LogP contribution >= 0.6 is 0 Å². The van der Waals surface area contributed by atoms with Crippen molar-refractivity contribution in [3.63, 3.8) is 0 Å². The van der Waals surface area contributed by atoms with E-state index in [1.807, 2.05) is 25.1 Å². The lowest BCUT2D eigenvalue weighted by atomic mass is 9.97. The molecule has 0 saturated carbocycles. The first-order valence-corrected chi connectivity index (χ1v) is 8.14. The molecule has 0 spiro atoms. The van der Waals surface area contributed by atoms with Crippen LogP contribution in [-0.4, -0.2) is 25.0 Å². The summed E-state index contributed by atoms with van der Waals surface area (Å²) in [5.41, 5.74) is 1.18. The summed E-state index contributed by atoms with van der Waals surface area (Å²) in [6.45, 7) is 5.55. The minimum Gasteiger partial charge on any atom is -0.353 e. The van der Waals surface area contributed by atoms with Crippen LogP contribution in [0.25, 0.3) is 0 Å². The Morgan fingerprint density at radius 2 is 2.09 bits per heavy atom. The lowest BCUT2D eigenvalue weighted by molar-refractivity contribution is -0.194. The first-order chi connectivity index (χ1) is 10.7. The van der Waals surface area contributed by atoms with Gasteiger partial charge >= 0.3 is 0 Å². The Labute approximate surface area is 133 Å². The Morgan fingerprint density at radius 3 is 2.73 bits per heavy atom. The number of hydrogen-bond donors (Lipinski definition) is 1. The fourth-order valence-electron chi connectivity index (χ4n) is 2.63. The second kappa shape index (κ2) is 8.89. The van der Waals surface area contributed by atoms with Gasteiger partial charge in [0.15, 0.2) is 6.29 Å². The molecule has 2 rings (SSSR count). The highest BCUT2D eigenvalue weighted by Gasteiger charge is 2.26. The molecule has 1 N–H and O–H groups in total. The van der Waals surface area contributed by atoms with Crippen molar-refractivity contribution in [1.29, 1.82) is 5.26 Å². The largest absolute Gasteiger partial charge is 0.353 e. The van der Waals surface area contributed by atoms with Crippen LogP contribution in [0.4, 0.5) is 0 Å². The minimum atomic E-state index is -0.237. The standard InChI is InChI=1S/C18H26N2O2/c1-14(15(2)22-18-10-6-7-11-21-18)17(12-19)20-13-16-8-4-3-5-9-16/h3-5,8-9,14-15,17-18,20H,6-7,10-11,13H2,1-2H3/t14-,15-,17+,18?/m0/s1. The lowest BCUT2D eigenvalue weighted by Crippen LogP contribution is -2.41. The highest BCUT2D eigenvalue weighted by molar-refractivity contribution is 5.15. The maximum atomic E-state index is 9.43. The van der Waals surface area contributed by atoms with Crippen molar-refractivity contribution in [2.24, 2.45) is 5.92 Å². The molecule has 1 aromatic rings. The van der Waals surface area contributed by atoms with Crippen molar-refractivity contribution in [1.82, 2.24) is 5.32 Å². The molecule has 1 saturated heterocycles. The maximum Gasteiger partial charge on any atom is 0.157 e. The molecule has 1 aliphatic heterocycles. The van der Waals surface area contributed by atoms with Crippen LogP contribution in [0.3, 0.4) is 0 Å². The molecule has 1 unspecified atom stereocenters. The van der Waals surface area contributed by atoms with Gasteiger partial charge in [-0.1, -0.05) is 37.3 Å². The Kier molecular flexibility index (Phi) is 6.85. The van der Waals surface area contributed by atoms with Crippen LogP contribution < -0.4 is 5.32 Å². The molecule has 4 atom stereocenters. The SMILES string of the molecule is C[C@@H]([C@H](C)OC1CCCCO1)[C@@H](C#N)NCc1ccccc1. The van der Waals surface area contributed by atoms with Crippen molar-refractivity contribution in [3.05, 3.63) is 35.9 Å². The molecule has 0 aromatic heterocycles. The molecule has 1 aliphatic rings. The zero-order valence-electron chi connectivity index (χ0n) is 13.5. The molecule has 0 aliphatic carbocycles. The van der Waals surface area contributed by atoms with Gasteiger partial charge in [-0.05, 0) is 31.7 Å². The first-order valence-electron chi connectivity index (χ1n) is 8.14. The van der Waals surface area contributed by atoms with Crippen LogP contribution in [-0.2, 0) is 16.0 Å². The summed E-state index contributed by atoms with van der Waals surface area (Å²) in [6, 6.07) is 12.2. The molecular weight excluding hydrogens is 276 g/mol. The number of benzene rings is 1. The molecule has 120 valence electrons. The molecule has 0 radical (unpaired) electrons. The fourth-order valence-corrected chi connectivity index (χ4v) is 2.63. The topological polar surface area (TPSA) is 54.3 Å². The molecule has 4 nitrogen and oxygen atoms in total. The summed E-state index contributed by atoms with van der Waals surface area (Å²) in [5.74, 6) is 0.0965. The van der Waals surface area contributed by atoms with Crippen molar-refractivity contribution in [3.8, 4) is 6.07 Å². The predicted molar refractivity (Wildman–Crippen MR) is 86.0 cm³/mol. The van der Waals surface area contributed by atoms with E-state index in [1.54, 1.807) is 0 Å². The molecule has 1 fully saturated rings. The Bertz CT molecular complexity index is 466. The summed E-state index contributed by atoms with van der Waals surface area (Å²) in [5, 5.41) is 12.8. The van der Waals surface area contributed by atoms with Crippen molar-refractivity contribution in [2.75, 3.05) is 6.61 Å². The molecule has 4 heteroatoms. The number of nitriles is 1. The van der Waals surface area contributed by atoms with Crippen LogP contribution in [0.1, 0.15) is 38.7 Å². The zero-order chi connectivity index (χ0) is 15.8. The summed E-state index contributed by atoms with van der Waals surface area (Å²) in [7, 11) is 0. The van der Waals surface area contributed by atoms with Gasteiger partial charge in [0, 0.05) is 19.1 Å². The van der Waals surface area contributed by atoms with E-state index in [9.17, 15) is 5.26 Å². The van der Waals surface area contributed by atoms with Crippen LogP contribution in [0.5, 0.6) is 0 Å². The zero-order valence-corrected chi connectivity index (χ0v) is 13.5. The monoisotopic (exact) mass is 302 g/mol. The molecule has 22 heavy (non-hydrogen) atoms. The van der Waals surface area contributed by atoms with Gasteiger partial charge in [-0.2, -0.15) is 5.26 Å². The van der Waals surface area contributed by atoms with Gasteiger partial charge in [0.25, 0.3) is 0 Å². The summed E-state index contributed by atoms with van der Waals surface area (Å²) >= 11 is 0. The third kappa shape index (κ3) is 5.10. The van der Waals surface area contributed by atoms with Gasteiger partial charge in [0.2, 0.25) is 0 Å². The van der Waals surface area contributed by atoms with E-state index < -0.39 is 0 Å². The van der Waals surface area contributed by atoms with Crippen LogP contribution in [0.2, 0.25) is 0 Å². The van der Waals surface area contributed by atoms with Gasteiger partial charge in [-0.25, -0.2) is 0 Å². The second-order valence-electron chi connectivity index (χ2n) is 5.97. The third-order valence-corrected chi connectivity index (χ3v) is 4.28. The highest BCUT2D eigenvalue weighted by Crippen LogP contribution is 2.20. The Balaban J connectivity index is 1.82. The van der Waals surface area contributed by atoms with E-state index in [0.717, 1.165) is 25.9 Å². The van der Waals surface area contributed by atoms with Crippen molar-refractivity contribution >= 4 is 0 Å². The third-order valence-electron chi connectivity index (χ3n) is 4.28. The maximum absolute atomic E-state index is 9.43. The molecule has 0 amide bonds. The van der Waals surface area contributed by atoms with E-state index in [2.05, 4.69) is 30.4 Å².